The summed E-state index contributed by atoms with van der Waals surface area (Å²) in [5, 5.41) is 5.83. The second-order valence-corrected chi connectivity index (χ2v) is 9.25. The Bertz CT molecular complexity index is 864. The molecule has 3 heterocycles. The van der Waals surface area contributed by atoms with E-state index in [2.05, 4.69) is 69.7 Å². The zero-order valence-corrected chi connectivity index (χ0v) is 19.7. The van der Waals surface area contributed by atoms with Crippen LogP contribution >= 0.6 is 11.3 Å². The Morgan fingerprint density at radius 3 is 2.74 bits per heavy atom. The Morgan fingerprint density at radius 2 is 2.03 bits per heavy atom. The third-order valence-electron chi connectivity index (χ3n) is 6.16. The molecule has 4 rings (SSSR count). The van der Waals surface area contributed by atoms with Crippen molar-refractivity contribution in [2.45, 2.75) is 26.0 Å². The van der Waals surface area contributed by atoms with E-state index in [-0.39, 0.29) is 6.10 Å². The van der Waals surface area contributed by atoms with E-state index in [9.17, 15) is 0 Å². The van der Waals surface area contributed by atoms with Crippen molar-refractivity contribution in [2.75, 3.05) is 59.6 Å². The Labute approximate surface area is 189 Å². The minimum Gasteiger partial charge on any atom is -0.379 e. The topological polar surface area (TPSA) is 49.3 Å². The number of nitrogens with zero attached hydrogens (tertiary/aromatic N) is 3. The number of rotatable bonds is 5. The highest BCUT2D eigenvalue weighted by Crippen LogP contribution is 2.27. The van der Waals surface area contributed by atoms with Crippen LogP contribution in [0.3, 0.4) is 0 Å². The summed E-state index contributed by atoms with van der Waals surface area (Å²) in [6, 6.07) is 11.3. The summed E-state index contributed by atoms with van der Waals surface area (Å²) < 4.78 is 11.7. The van der Waals surface area contributed by atoms with Crippen LogP contribution in [-0.4, -0.2) is 75.4 Å². The van der Waals surface area contributed by atoms with Crippen LogP contribution in [0.2, 0.25) is 0 Å². The molecule has 1 N–H and O–H groups in total. The Morgan fingerprint density at radius 1 is 1.19 bits per heavy atom. The number of hydrogen-bond donors (Lipinski definition) is 1. The summed E-state index contributed by atoms with van der Waals surface area (Å²) in [7, 11) is 1.87. The molecule has 0 radical (unpaired) electrons. The lowest BCUT2D eigenvalue weighted by atomic mass is 10.00. The van der Waals surface area contributed by atoms with Gasteiger partial charge in [-0.3, -0.25) is 9.89 Å². The summed E-state index contributed by atoms with van der Waals surface area (Å²) in [6.45, 7) is 11.0. The maximum atomic E-state index is 6.14. The number of guanidine groups is 1. The lowest BCUT2D eigenvalue weighted by Gasteiger charge is -2.38. The minimum atomic E-state index is 0.0697. The largest absolute Gasteiger partial charge is 0.379 e. The third kappa shape index (κ3) is 5.47. The van der Waals surface area contributed by atoms with Gasteiger partial charge >= 0.3 is 0 Å². The molecule has 2 aliphatic heterocycles. The molecule has 0 aliphatic carbocycles. The molecule has 0 bridgehead atoms. The van der Waals surface area contributed by atoms with E-state index in [0.29, 0.717) is 12.6 Å². The number of aliphatic imine (C=N–C) groups is 1. The quantitative estimate of drug-likeness (QED) is 0.568. The maximum Gasteiger partial charge on any atom is 0.193 e. The number of ether oxygens (including phenoxy) is 2. The molecule has 7 heteroatoms. The Balaban J connectivity index is 1.43. The van der Waals surface area contributed by atoms with E-state index in [1.807, 2.05) is 18.4 Å². The Kier molecular flexibility index (Phi) is 7.61. The maximum absolute atomic E-state index is 6.14. The fourth-order valence-corrected chi connectivity index (χ4v) is 5.38. The molecular formula is C24H34N4O2S. The smallest absolute Gasteiger partial charge is 0.193 e. The van der Waals surface area contributed by atoms with Crippen LogP contribution < -0.4 is 5.32 Å². The van der Waals surface area contributed by atoms with Gasteiger partial charge in [-0.1, -0.05) is 29.8 Å². The summed E-state index contributed by atoms with van der Waals surface area (Å²) in [6.07, 6.45) is 0.0697. The molecule has 1 aromatic carbocycles. The Hall–Kier alpha value is -1.93. The average molecular weight is 443 g/mol. The first-order valence-electron chi connectivity index (χ1n) is 11.1. The van der Waals surface area contributed by atoms with Crippen molar-refractivity contribution in [3.05, 3.63) is 57.3 Å². The van der Waals surface area contributed by atoms with E-state index < -0.39 is 0 Å². The number of benzene rings is 1. The van der Waals surface area contributed by atoms with Crippen LogP contribution in [0.5, 0.6) is 0 Å². The summed E-state index contributed by atoms with van der Waals surface area (Å²) in [5.41, 5.74) is 3.85. The summed E-state index contributed by atoms with van der Waals surface area (Å²) in [4.78, 5) is 10.9. The van der Waals surface area contributed by atoms with Crippen LogP contribution in [0, 0.1) is 13.8 Å². The van der Waals surface area contributed by atoms with Gasteiger partial charge in [0.05, 0.1) is 32.4 Å². The zero-order chi connectivity index (χ0) is 21.6. The fraction of sp³-hybridized carbons (Fsp3) is 0.542. The van der Waals surface area contributed by atoms with Gasteiger partial charge in [0.1, 0.15) is 6.10 Å². The van der Waals surface area contributed by atoms with Crippen LogP contribution in [0.25, 0.3) is 0 Å². The summed E-state index contributed by atoms with van der Waals surface area (Å²) in [5.74, 6) is 0.952. The standard InChI is InChI=1S/C24H34N4O2S/c1-18-6-7-20(19(2)15-18)22-17-28(10-13-30-22)24(25-3)26-16-21(23-5-4-14-31-23)27-8-11-29-12-9-27/h4-7,14-15,21-22H,8-13,16-17H2,1-3H3,(H,25,26). The van der Waals surface area contributed by atoms with Crippen LogP contribution in [0.15, 0.2) is 40.7 Å². The van der Waals surface area contributed by atoms with Crippen molar-refractivity contribution in [2.24, 2.45) is 4.99 Å². The van der Waals surface area contributed by atoms with E-state index in [1.165, 1.54) is 21.6 Å². The summed E-state index contributed by atoms with van der Waals surface area (Å²) >= 11 is 1.82. The molecule has 31 heavy (non-hydrogen) atoms. The van der Waals surface area contributed by atoms with Crippen LogP contribution in [-0.2, 0) is 9.47 Å². The molecule has 2 aromatic rings. The molecular weight excluding hydrogens is 408 g/mol. The first kappa shape index (κ1) is 22.3. The second-order valence-electron chi connectivity index (χ2n) is 8.27. The SMILES string of the molecule is CN=C(NCC(c1cccs1)N1CCOCC1)N1CCOC(c2ccc(C)cc2C)C1. The minimum absolute atomic E-state index is 0.0697. The number of nitrogens with one attached hydrogen (secondary N) is 1. The van der Waals surface area contributed by atoms with Gasteiger partial charge in [-0.2, -0.15) is 0 Å². The normalized spacial score (nSPS) is 21.8. The van der Waals surface area contributed by atoms with Crippen molar-refractivity contribution in [1.29, 1.82) is 0 Å². The monoisotopic (exact) mass is 442 g/mol. The van der Waals surface area contributed by atoms with Gasteiger partial charge in [-0.15, -0.1) is 11.3 Å². The molecule has 0 saturated carbocycles. The average Bonchev–Trinajstić information content (AvgIpc) is 3.32. The molecule has 0 spiro atoms. The second kappa shape index (κ2) is 10.6. The predicted octanol–water partition coefficient (Wildman–Crippen LogP) is 3.39. The highest BCUT2D eigenvalue weighted by atomic mass is 32.1. The molecule has 168 valence electrons. The van der Waals surface area contributed by atoms with E-state index in [0.717, 1.165) is 51.9 Å². The van der Waals surface area contributed by atoms with Gasteiger partial charge in [-0.25, -0.2) is 0 Å². The van der Waals surface area contributed by atoms with Gasteiger partial charge in [0.2, 0.25) is 0 Å². The number of hydrogen-bond acceptors (Lipinski definition) is 5. The van der Waals surface area contributed by atoms with Gasteiger partial charge in [-0.05, 0) is 36.4 Å². The molecule has 0 amide bonds. The van der Waals surface area contributed by atoms with Crippen molar-refractivity contribution < 1.29 is 9.47 Å². The fourth-order valence-electron chi connectivity index (χ4n) is 4.52. The molecule has 2 atom stereocenters. The zero-order valence-electron chi connectivity index (χ0n) is 18.8. The first-order valence-corrected chi connectivity index (χ1v) is 12.0. The number of aryl methyl sites for hydroxylation is 2. The van der Waals surface area contributed by atoms with Crippen LogP contribution in [0.4, 0.5) is 0 Å². The van der Waals surface area contributed by atoms with Crippen molar-refractivity contribution in [1.82, 2.24) is 15.1 Å². The number of thiophene rings is 1. The van der Waals surface area contributed by atoms with Crippen molar-refractivity contribution >= 4 is 17.3 Å². The highest BCUT2D eigenvalue weighted by Gasteiger charge is 2.27. The molecule has 6 nitrogen and oxygen atoms in total. The number of morpholine rings is 2. The lowest BCUT2D eigenvalue weighted by molar-refractivity contribution is -0.00880. The molecule has 2 fully saturated rings. The highest BCUT2D eigenvalue weighted by molar-refractivity contribution is 7.10. The molecule has 1 aromatic heterocycles. The van der Waals surface area contributed by atoms with Gasteiger partial charge in [0.15, 0.2) is 5.96 Å². The van der Waals surface area contributed by atoms with Gasteiger partial charge in [0, 0.05) is 38.1 Å². The lowest BCUT2D eigenvalue weighted by Crippen LogP contribution is -2.50. The molecule has 2 unspecified atom stereocenters. The van der Waals surface area contributed by atoms with E-state index in [1.54, 1.807) is 0 Å². The molecule has 2 aliphatic rings. The van der Waals surface area contributed by atoms with Crippen LogP contribution in [0.1, 0.15) is 33.7 Å². The van der Waals surface area contributed by atoms with E-state index in [4.69, 9.17) is 9.47 Å². The van der Waals surface area contributed by atoms with Gasteiger partial charge in [0.25, 0.3) is 0 Å². The van der Waals surface area contributed by atoms with Crippen molar-refractivity contribution in [3.8, 4) is 0 Å². The first-order chi connectivity index (χ1) is 15.2. The molecule has 2 saturated heterocycles. The van der Waals surface area contributed by atoms with E-state index >= 15 is 0 Å². The third-order valence-corrected chi connectivity index (χ3v) is 7.14. The van der Waals surface area contributed by atoms with Gasteiger partial charge < -0.3 is 19.7 Å². The predicted molar refractivity (Wildman–Crippen MR) is 127 cm³/mol. The van der Waals surface area contributed by atoms with Crippen molar-refractivity contribution in [3.63, 3.8) is 0 Å².